The Bertz CT molecular complexity index is 893. The smallest absolute Gasteiger partial charge is 0.228 e. The molecule has 3 rings (SSSR count). The predicted molar refractivity (Wildman–Crippen MR) is 135 cm³/mol. The summed E-state index contributed by atoms with van der Waals surface area (Å²) in [4.78, 5) is 0. The van der Waals surface area contributed by atoms with Gasteiger partial charge in [0.25, 0.3) is 0 Å². The van der Waals surface area contributed by atoms with Crippen LogP contribution in [-0.4, -0.2) is 110 Å². The monoisotopic (exact) mass is 544 g/mol. The van der Waals surface area contributed by atoms with Crippen molar-refractivity contribution < 1.29 is 54.7 Å². The molecule has 7 N–H and O–H groups in total. The summed E-state index contributed by atoms with van der Waals surface area (Å²) < 4.78 is 22.2. The molecule has 0 aromatic carbocycles. The summed E-state index contributed by atoms with van der Waals surface area (Å²) in [6, 6.07) is 0. The van der Waals surface area contributed by atoms with Gasteiger partial charge in [-0.3, -0.25) is 0 Å². The van der Waals surface area contributed by atoms with E-state index < -0.39 is 74.6 Å². The normalized spacial score (nSPS) is 40.8. The lowest BCUT2D eigenvalue weighted by Gasteiger charge is -2.45. The molecule has 2 fully saturated rings. The number of hydrogen-bond acceptors (Lipinski definition) is 11. The summed E-state index contributed by atoms with van der Waals surface area (Å²) in [7, 11) is 0. The van der Waals surface area contributed by atoms with Crippen molar-refractivity contribution in [3.63, 3.8) is 0 Å². The van der Waals surface area contributed by atoms with Crippen LogP contribution in [0.25, 0.3) is 0 Å². The van der Waals surface area contributed by atoms with E-state index in [1.54, 1.807) is 0 Å². The molecule has 2 aliphatic heterocycles. The number of aliphatic hydroxyl groups excluding tert-OH is 7. The molecule has 1 aliphatic carbocycles. The topological polar surface area (TPSA) is 179 Å². The first-order chi connectivity index (χ1) is 17.8. The Morgan fingerprint density at radius 2 is 1.47 bits per heavy atom. The van der Waals surface area contributed by atoms with Crippen LogP contribution in [0, 0.1) is 5.41 Å². The molecule has 0 radical (unpaired) electrons. The Morgan fingerprint density at radius 3 is 2.08 bits per heavy atom. The minimum Gasteiger partial charge on any atom is -0.469 e. The van der Waals surface area contributed by atoms with Crippen molar-refractivity contribution in [2.24, 2.45) is 5.41 Å². The van der Waals surface area contributed by atoms with Gasteiger partial charge in [-0.2, -0.15) is 0 Å². The second-order valence-corrected chi connectivity index (χ2v) is 11.2. The van der Waals surface area contributed by atoms with Crippen LogP contribution in [0.4, 0.5) is 0 Å². The van der Waals surface area contributed by atoms with Gasteiger partial charge in [0, 0.05) is 0 Å². The van der Waals surface area contributed by atoms with Crippen molar-refractivity contribution in [1.82, 2.24) is 0 Å². The van der Waals surface area contributed by atoms with Crippen molar-refractivity contribution in [2.45, 2.75) is 115 Å². The first-order valence-electron chi connectivity index (χ1n) is 13.1. The molecule has 0 aromatic heterocycles. The van der Waals surface area contributed by atoms with E-state index in [0.717, 1.165) is 24.0 Å². The van der Waals surface area contributed by atoms with E-state index >= 15 is 0 Å². The van der Waals surface area contributed by atoms with Gasteiger partial charge < -0.3 is 54.7 Å². The van der Waals surface area contributed by atoms with Crippen molar-refractivity contribution in [1.29, 1.82) is 0 Å². The first kappa shape index (κ1) is 31.2. The zero-order chi connectivity index (χ0) is 28.4. The summed E-state index contributed by atoms with van der Waals surface area (Å²) >= 11 is 0. The van der Waals surface area contributed by atoms with Crippen molar-refractivity contribution in [3.05, 3.63) is 34.6 Å². The maximum absolute atomic E-state index is 10.8. The van der Waals surface area contributed by atoms with E-state index in [0.29, 0.717) is 0 Å². The van der Waals surface area contributed by atoms with Gasteiger partial charge >= 0.3 is 0 Å². The van der Waals surface area contributed by atoms with E-state index in [1.165, 1.54) is 23.8 Å². The van der Waals surface area contributed by atoms with Gasteiger partial charge in [-0.25, -0.2) is 0 Å². The predicted octanol–water partition coefficient (Wildman–Crippen LogP) is 0.00380. The molecule has 218 valence electrons. The lowest BCUT2D eigenvalue weighted by molar-refractivity contribution is -0.355. The third kappa shape index (κ3) is 6.67. The molecular formula is C27H44O11. The molecule has 0 bridgehead atoms. The van der Waals surface area contributed by atoms with Crippen LogP contribution in [0.2, 0.25) is 0 Å². The molecule has 2 saturated heterocycles. The zero-order valence-electron chi connectivity index (χ0n) is 22.7. The zero-order valence-corrected chi connectivity index (χ0v) is 22.7. The molecular weight excluding hydrogens is 500 g/mol. The second kappa shape index (κ2) is 12.9. The SMILES string of the molecule is CC1=C(/C=C(C)/C(C)=C/OC2O[C@H](CO)[C@@H](OC3O[C@H](CO)[C@@H](O)[C@H](O)[C@H]3O)[C@H](O)[C@H]2O)C(C)(C)CCC1. The summed E-state index contributed by atoms with van der Waals surface area (Å²) in [5.41, 5.74) is 4.49. The molecule has 2 heterocycles. The van der Waals surface area contributed by atoms with E-state index in [2.05, 4.69) is 26.8 Å². The fourth-order valence-corrected chi connectivity index (χ4v) is 5.22. The largest absolute Gasteiger partial charge is 0.469 e. The summed E-state index contributed by atoms with van der Waals surface area (Å²) in [6.45, 7) is 9.15. The van der Waals surface area contributed by atoms with Crippen LogP contribution < -0.4 is 0 Å². The minimum absolute atomic E-state index is 0.0713. The third-order valence-corrected chi connectivity index (χ3v) is 7.86. The average molecular weight is 545 g/mol. The quantitative estimate of drug-likeness (QED) is 0.162. The standard InChI is InChI=1S/C27H44O11/c1-13-7-6-8-27(4,5)16(13)9-14(2)15(3)12-35-25-23(34)21(32)24(18(11-29)37-25)38-26-22(33)20(31)19(30)17(10-28)36-26/h9,12,17-26,28-34H,6-8,10-11H2,1-5H3/b14-9+,15-12+/t17-,18-,19-,20+,21-,22-,23-,24-,25?,26?/m1/s1. The Hall–Kier alpha value is -1.38. The van der Waals surface area contributed by atoms with Gasteiger partial charge in [0.15, 0.2) is 6.29 Å². The molecule has 0 amide bonds. The van der Waals surface area contributed by atoms with E-state index in [-0.39, 0.29) is 5.41 Å². The van der Waals surface area contributed by atoms with E-state index in [4.69, 9.17) is 18.9 Å². The molecule has 0 saturated carbocycles. The number of allylic oxidation sites excluding steroid dienone is 5. The minimum atomic E-state index is -1.72. The molecule has 0 aromatic rings. The molecule has 38 heavy (non-hydrogen) atoms. The van der Waals surface area contributed by atoms with Crippen LogP contribution in [-0.2, 0) is 18.9 Å². The van der Waals surface area contributed by atoms with Gasteiger partial charge in [0.2, 0.25) is 6.29 Å². The summed E-state index contributed by atoms with van der Waals surface area (Å²) in [5, 5.41) is 70.9. The Kier molecular flexibility index (Phi) is 10.5. The maximum Gasteiger partial charge on any atom is 0.228 e. The van der Waals surface area contributed by atoms with E-state index in [1.807, 2.05) is 13.8 Å². The molecule has 10 atom stereocenters. The number of rotatable bonds is 8. The number of aliphatic hydroxyl groups is 7. The summed E-state index contributed by atoms with van der Waals surface area (Å²) in [5.74, 6) is 0. The fourth-order valence-electron chi connectivity index (χ4n) is 5.22. The van der Waals surface area contributed by atoms with Crippen LogP contribution in [0.15, 0.2) is 34.6 Å². The molecule has 11 heteroatoms. The number of ether oxygens (including phenoxy) is 4. The van der Waals surface area contributed by atoms with Crippen LogP contribution in [0.3, 0.4) is 0 Å². The summed E-state index contributed by atoms with van der Waals surface area (Å²) in [6.07, 6.45) is -8.00. The van der Waals surface area contributed by atoms with Gasteiger partial charge in [-0.15, -0.1) is 0 Å². The Balaban J connectivity index is 1.69. The van der Waals surface area contributed by atoms with Crippen molar-refractivity contribution in [3.8, 4) is 0 Å². The second-order valence-electron chi connectivity index (χ2n) is 11.2. The van der Waals surface area contributed by atoms with Gasteiger partial charge in [0.05, 0.1) is 19.5 Å². The highest BCUT2D eigenvalue weighted by atomic mass is 16.7. The molecule has 11 nitrogen and oxygen atoms in total. The maximum atomic E-state index is 10.8. The first-order valence-corrected chi connectivity index (χ1v) is 13.1. The van der Waals surface area contributed by atoms with Gasteiger partial charge in [-0.05, 0) is 62.2 Å². The van der Waals surface area contributed by atoms with Crippen molar-refractivity contribution >= 4 is 0 Å². The van der Waals surface area contributed by atoms with Crippen molar-refractivity contribution in [2.75, 3.05) is 13.2 Å². The average Bonchev–Trinajstić information content (AvgIpc) is 2.88. The lowest BCUT2D eigenvalue weighted by Crippen LogP contribution is -2.64. The van der Waals surface area contributed by atoms with Crippen LogP contribution in [0.5, 0.6) is 0 Å². The molecule has 3 aliphatic rings. The van der Waals surface area contributed by atoms with E-state index in [9.17, 15) is 35.7 Å². The third-order valence-electron chi connectivity index (χ3n) is 7.86. The van der Waals surface area contributed by atoms with Gasteiger partial charge in [-0.1, -0.05) is 25.5 Å². The lowest BCUT2D eigenvalue weighted by atomic mass is 9.72. The Morgan fingerprint density at radius 1 is 0.868 bits per heavy atom. The fraction of sp³-hybridized carbons (Fsp3) is 0.778. The Labute approximate surface area is 223 Å². The highest BCUT2D eigenvalue weighted by Gasteiger charge is 2.50. The van der Waals surface area contributed by atoms with Gasteiger partial charge in [0.1, 0.15) is 48.8 Å². The molecule has 0 spiro atoms. The highest BCUT2D eigenvalue weighted by molar-refractivity contribution is 5.40. The van der Waals surface area contributed by atoms with Crippen LogP contribution >= 0.6 is 0 Å². The van der Waals surface area contributed by atoms with Crippen LogP contribution in [0.1, 0.15) is 53.9 Å². The highest BCUT2D eigenvalue weighted by Crippen LogP contribution is 2.41. The number of hydrogen-bond donors (Lipinski definition) is 7. The molecule has 2 unspecified atom stereocenters.